The summed E-state index contributed by atoms with van der Waals surface area (Å²) >= 11 is 0. The van der Waals surface area contributed by atoms with Crippen molar-refractivity contribution in [3.05, 3.63) is 59.5 Å². The van der Waals surface area contributed by atoms with Crippen LogP contribution in [0.2, 0.25) is 0 Å². The van der Waals surface area contributed by atoms with Gasteiger partial charge in [0, 0.05) is 18.3 Å². The number of aliphatic hydroxyl groups is 1. The molecule has 2 rings (SSSR count). The van der Waals surface area contributed by atoms with E-state index in [9.17, 15) is 14.3 Å². The number of nitrogens with zero attached hydrogens (tertiary/aromatic N) is 2. The van der Waals surface area contributed by atoms with Crippen LogP contribution in [0.4, 0.5) is 4.39 Å². The van der Waals surface area contributed by atoms with Crippen LogP contribution < -0.4 is 4.74 Å². The van der Waals surface area contributed by atoms with Gasteiger partial charge in [0.1, 0.15) is 12.4 Å². The smallest absolute Gasteiger partial charge is 0.373 e. The van der Waals surface area contributed by atoms with Gasteiger partial charge in [0.05, 0.1) is 6.61 Å². The molecule has 0 amide bonds. The zero-order valence-electron chi connectivity index (χ0n) is 12.4. The molecule has 1 N–H and O–H groups in total. The van der Waals surface area contributed by atoms with Crippen molar-refractivity contribution in [2.75, 3.05) is 6.61 Å². The first kappa shape index (κ1) is 16.4. The monoisotopic (exact) mass is 318 g/mol. The number of hydrogen-bond donors (Lipinski definition) is 1. The number of carbonyl (C=O) groups is 1. The molecule has 0 aliphatic carbocycles. The van der Waals surface area contributed by atoms with Gasteiger partial charge in [0.15, 0.2) is 5.82 Å². The van der Waals surface area contributed by atoms with Gasteiger partial charge in [-0.25, -0.2) is 14.2 Å². The van der Waals surface area contributed by atoms with E-state index in [0.717, 1.165) is 11.6 Å². The second-order valence-electron chi connectivity index (χ2n) is 4.42. The molecule has 0 atom stereocenters. The molecule has 1 heterocycles. The van der Waals surface area contributed by atoms with Gasteiger partial charge in [-0.3, -0.25) is 0 Å². The Balaban J connectivity index is 2.03. The third-order valence-electron chi connectivity index (χ3n) is 2.70. The van der Waals surface area contributed by atoms with Crippen molar-refractivity contribution < 1.29 is 23.8 Å². The normalized spacial score (nSPS) is 11.1. The predicted molar refractivity (Wildman–Crippen MR) is 80.0 cm³/mol. The molecule has 120 valence electrons. The van der Waals surface area contributed by atoms with E-state index in [1.807, 2.05) is 0 Å². The summed E-state index contributed by atoms with van der Waals surface area (Å²) in [6.45, 7) is 1.98. The third-order valence-corrected chi connectivity index (χ3v) is 2.70. The topological polar surface area (TPSA) is 81.5 Å². The lowest BCUT2D eigenvalue weighted by Crippen LogP contribution is -2.07. The first-order valence-electron chi connectivity index (χ1n) is 6.86. The van der Waals surface area contributed by atoms with Crippen LogP contribution in [0.15, 0.2) is 42.3 Å². The number of ether oxygens (including phenoxy) is 2. The number of hydrogen-bond acceptors (Lipinski definition) is 6. The van der Waals surface area contributed by atoms with Crippen molar-refractivity contribution in [1.82, 2.24) is 9.97 Å². The Kier molecular flexibility index (Phi) is 5.62. The van der Waals surface area contributed by atoms with E-state index in [-0.39, 0.29) is 30.7 Å². The van der Waals surface area contributed by atoms with Gasteiger partial charge in [0.2, 0.25) is 11.6 Å². The largest absolute Gasteiger partial charge is 0.502 e. The van der Waals surface area contributed by atoms with Crippen LogP contribution in [0.3, 0.4) is 0 Å². The van der Waals surface area contributed by atoms with E-state index >= 15 is 0 Å². The number of halogens is 1. The molecule has 0 radical (unpaired) electrons. The van der Waals surface area contributed by atoms with Gasteiger partial charge in [-0.1, -0.05) is 12.1 Å². The van der Waals surface area contributed by atoms with E-state index in [0.29, 0.717) is 0 Å². The molecule has 6 nitrogen and oxygen atoms in total. The van der Waals surface area contributed by atoms with Crippen molar-refractivity contribution in [1.29, 1.82) is 0 Å². The maximum Gasteiger partial charge on any atom is 0.373 e. The molecule has 0 fully saturated rings. The Morgan fingerprint density at radius 3 is 2.74 bits per heavy atom. The molecule has 23 heavy (non-hydrogen) atoms. The summed E-state index contributed by atoms with van der Waals surface area (Å²) in [7, 11) is 0. The van der Waals surface area contributed by atoms with Crippen molar-refractivity contribution in [2.45, 2.75) is 13.5 Å². The lowest BCUT2D eigenvalue weighted by atomic mass is 10.2. The second-order valence-corrected chi connectivity index (χ2v) is 4.42. The molecule has 0 aliphatic heterocycles. The lowest BCUT2D eigenvalue weighted by Gasteiger charge is -2.06. The summed E-state index contributed by atoms with van der Waals surface area (Å²) in [5.41, 5.74) is 0.775. The average Bonchev–Trinajstić information content (AvgIpc) is 2.55. The summed E-state index contributed by atoms with van der Waals surface area (Å²) in [6.07, 6.45) is 2.51. The van der Waals surface area contributed by atoms with E-state index in [4.69, 9.17) is 4.74 Å². The molecule has 1 aromatic carbocycles. The molecule has 0 spiro atoms. The molecule has 7 heteroatoms. The SMILES string of the molecule is CCOC(=O)C(O)=Cc1nccc(OCc2ccc(F)cc2)n1. The van der Waals surface area contributed by atoms with Crippen LogP contribution in [0.1, 0.15) is 18.3 Å². The van der Waals surface area contributed by atoms with Gasteiger partial charge in [-0.2, -0.15) is 4.98 Å². The number of rotatable bonds is 6. The van der Waals surface area contributed by atoms with Gasteiger partial charge in [-0.05, 0) is 24.6 Å². The van der Waals surface area contributed by atoms with Gasteiger partial charge >= 0.3 is 5.97 Å². The fourth-order valence-corrected chi connectivity index (χ4v) is 1.63. The number of carbonyl (C=O) groups excluding carboxylic acids is 1. The molecule has 0 bridgehead atoms. The summed E-state index contributed by atoms with van der Waals surface area (Å²) in [6, 6.07) is 7.41. The average molecular weight is 318 g/mol. The maximum atomic E-state index is 12.8. The van der Waals surface area contributed by atoms with Gasteiger partial charge in [-0.15, -0.1) is 0 Å². The van der Waals surface area contributed by atoms with Crippen molar-refractivity contribution >= 4 is 12.0 Å². The molecule has 2 aromatic rings. The lowest BCUT2D eigenvalue weighted by molar-refractivity contribution is -0.141. The molecule has 0 aliphatic rings. The van der Waals surface area contributed by atoms with Crippen molar-refractivity contribution in [2.24, 2.45) is 0 Å². The van der Waals surface area contributed by atoms with E-state index in [1.54, 1.807) is 19.1 Å². The summed E-state index contributed by atoms with van der Waals surface area (Å²) in [5, 5.41) is 9.56. The highest BCUT2D eigenvalue weighted by molar-refractivity contribution is 5.90. The Morgan fingerprint density at radius 2 is 2.04 bits per heavy atom. The highest BCUT2D eigenvalue weighted by atomic mass is 19.1. The Morgan fingerprint density at radius 1 is 1.30 bits per heavy atom. The number of benzene rings is 1. The molecule has 1 aromatic heterocycles. The molecule has 0 unspecified atom stereocenters. The zero-order chi connectivity index (χ0) is 16.7. The third kappa shape index (κ3) is 5.06. The number of aliphatic hydroxyl groups excluding tert-OH is 1. The Labute approximate surface area is 132 Å². The van der Waals surface area contributed by atoms with Crippen LogP contribution in [0, 0.1) is 5.82 Å². The predicted octanol–water partition coefficient (Wildman–Crippen LogP) is 2.66. The summed E-state index contributed by atoms with van der Waals surface area (Å²) in [4.78, 5) is 19.3. The molecule has 0 saturated heterocycles. The van der Waals surface area contributed by atoms with Crippen molar-refractivity contribution in [3.8, 4) is 5.88 Å². The standard InChI is InChI=1S/C16H15FN2O4/c1-2-22-16(21)13(20)9-14-18-8-7-15(19-14)23-10-11-3-5-12(17)6-4-11/h3-9,20H,2,10H2,1H3. The molecule has 0 saturated carbocycles. The van der Waals surface area contributed by atoms with Crippen LogP contribution in [-0.2, 0) is 16.1 Å². The zero-order valence-corrected chi connectivity index (χ0v) is 12.4. The maximum absolute atomic E-state index is 12.8. The molecular weight excluding hydrogens is 303 g/mol. The fraction of sp³-hybridized carbons (Fsp3) is 0.188. The first-order chi connectivity index (χ1) is 11.1. The quantitative estimate of drug-likeness (QED) is 0.501. The summed E-state index contributed by atoms with van der Waals surface area (Å²) in [5.74, 6) is -1.41. The van der Waals surface area contributed by atoms with Crippen LogP contribution in [0.25, 0.3) is 6.08 Å². The summed E-state index contributed by atoms with van der Waals surface area (Å²) < 4.78 is 22.9. The van der Waals surface area contributed by atoms with Crippen LogP contribution >= 0.6 is 0 Å². The van der Waals surface area contributed by atoms with E-state index < -0.39 is 11.7 Å². The Hall–Kier alpha value is -2.96. The highest BCUT2D eigenvalue weighted by Crippen LogP contribution is 2.11. The van der Waals surface area contributed by atoms with Crippen LogP contribution in [0.5, 0.6) is 5.88 Å². The van der Waals surface area contributed by atoms with E-state index in [2.05, 4.69) is 14.7 Å². The number of esters is 1. The minimum Gasteiger partial charge on any atom is -0.502 e. The van der Waals surface area contributed by atoms with Gasteiger partial charge < -0.3 is 14.6 Å². The van der Waals surface area contributed by atoms with Gasteiger partial charge in [0.25, 0.3) is 0 Å². The van der Waals surface area contributed by atoms with E-state index in [1.165, 1.54) is 24.4 Å². The second kappa shape index (κ2) is 7.88. The minimum absolute atomic E-state index is 0.104. The molecular formula is C16H15FN2O4. The van der Waals surface area contributed by atoms with Crippen molar-refractivity contribution in [3.63, 3.8) is 0 Å². The highest BCUT2D eigenvalue weighted by Gasteiger charge is 2.09. The van der Waals surface area contributed by atoms with Crippen LogP contribution in [-0.4, -0.2) is 27.7 Å². The fourth-order valence-electron chi connectivity index (χ4n) is 1.63. The first-order valence-corrected chi connectivity index (χ1v) is 6.86. The number of aromatic nitrogens is 2. The Bertz CT molecular complexity index is 701. The minimum atomic E-state index is -0.853.